The lowest BCUT2D eigenvalue weighted by Crippen LogP contribution is -2.59. The number of ether oxygens (including phenoxy) is 2. The molecule has 5 amide bonds. The van der Waals surface area contributed by atoms with Gasteiger partial charge in [0.15, 0.2) is 0 Å². The molecule has 3 saturated carbocycles. The highest BCUT2D eigenvalue weighted by Gasteiger charge is 2.62. The van der Waals surface area contributed by atoms with Gasteiger partial charge in [-0.1, -0.05) is 49.3 Å². The first-order chi connectivity index (χ1) is 24.5. The molecule has 3 heterocycles. The number of nitrogens with one attached hydrogen (secondary N) is 3. The van der Waals surface area contributed by atoms with E-state index in [0.29, 0.717) is 51.6 Å². The number of alkyl carbamates (subject to hydrolysis) is 1. The molecule has 7 rings (SSSR count). The average molecular weight is 724 g/mol. The van der Waals surface area contributed by atoms with Crippen molar-refractivity contribution in [2.45, 2.75) is 106 Å². The molecule has 51 heavy (non-hydrogen) atoms. The molecule has 274 valence electrons. The maximum atomic E-state index is 14.4. The molecule has 4 fully saturated rings. The Hall–Kier alpha value is -4.40. The number of allylic oxidation sites excluding steroid dienone is 1. The van der Waals surface area contributed by atoms with E-state index < -0.39 is 74.8 Å². The molecule has 1 aromatic rings. The number of benzene rings is 1. The molecular weight excluding hydrogens is 678 g/mol. The lowest BCUT2D eigenvalue weighted by Gasteiger charge is -2.32. The van der Waals surface area contributed by atoms with Crippen LogP contribution in [-0.2, 0) is 47.0 Å². The van der Waals surface area contributed by atoms with Crippen LogP contribution in [0.3, 0.4) is 0 Å². The Morgan fingerprint density at radius 3 is 2.57 bits per heavy atom. The fraction of sp³-hybridized carbons (Fsp3) is 0.583. The van der Waals surface area contributed by atoms with E-state index in [2.05, 4.69) is 21.9 Å². The quantitative estimate of drug-likeness (QED) is 0.357. The van der Waals surface area contributed by atoms with Gasteiger partial charge in [-0.05, 0) is 67.6 Å². The Morgan fingerprint density at radius 2 is 1.84 bits per heavy atom. The fourth-order valence-electron chi connectivity index (χ4n) is 7.94. The molecule has 3 aliphatic heterocycles. The lowest BCUT2D eigenvalue weighted by atomic mass is 9.96. The van der Waals surface area contributed by atoms with Crippen molar-refractivity contribution < 1.29 is 41.9 Å². The van der Waals surface area contributed by atoms with Crippen LogP contribution in [0.5, 0.6) is 0 Å². The third-order valence-electron chi connectivity index (χ3n) is 11.1. The smallest absolute Gasteiger partial charge is 0.410 e. The Kier molecular flexibility index (Phi) is 9.59. The number of cyclic esters (lactones) is 1. The second kappa shape index (κ2) is 14.0. The van der Waals surface area contributed by atoms with Crippen LogP contribution in [0.2, 0.25) is 0 Å². The third-order valence-corrected chi connectivity index (χ3v) is 12.9. The van der Waals surface area contributed by atoms with Crippen molar-refractivity contribution in [1.82, 2.24) is 25.2 Å². The minimum Gasteiger partial charge on any atom is -0.450 e. The molecule has 15 heteroatoms. The molecule has 6 aliphatic rings. The minimum atomic E-state index is -3.90. The van der Waals surface area contributed by atoms with E-state index in [-0.39, 0.29) is 31.9 Å². The van der Waals surface area contributed by atoms with E-state index in [9.17, 15) is 32.4 Å². The topological polar surface area (TPSA) is 181 Å². The summed E-state index contributed by atoms with van der Waals surface area (Å²) in [6, 6.07) is 3.72. The second-order valence-corrected chi connectivity index (χ2v) is 16.6. The van der Waals surface area contributed by atoms with Gasteiger partial charge < -0.3 is 25.0 Å². The van der Waals surface area contributed by atoms with E-state index in [4.69, 9.17) is 9.47 Å². The van der Waals surface area contributed by atoms with E-state index >= 15 is 0 Å². The van der Waals surface area contributed by atoms with Gasteiger partial charge >= 0.3 is 12.2 Å². The molecule has 0 aromatic heterocycles. The molecule has 3 N–H and O–H groups in total. The van der Waals surface area contributed by atoms with E-state index in [0.717, 1.165) is 29.5 Å². The molecule has 3 aliphatic carbocycles. The van der Waals surface area contributed by atoms with Crippen LogP contribution in [0.4, 0.5) is 9.59 Å². The first-order valence-corrected chi connectivity index (χ1v) is 19.5. The molecule has 1 saturated heterocycles. The zero-order valence-electron chi connectivity index (χ0n) is 28.5. The molecule has 1 aromatic carbocycles. The summed E-state index contributed by atoms with van der Waals surface area (Å²) in [4.78, 5) is 71.6. The average Bonchev–Trinajstić information content (AvgIpc) is 3.88. The minimum absolute atomic E-state index is 0.0588. The number of fused-ring (bicyclic) bond motifs is 3. The molecule has 14 nitrogen and oxygen atoms in total. The summed E-state index contributed by atoms with van der Waals surface area (Å²) >= 11 is 0. The van der Waals surface area contributed by atoms with Crippen LogP contribution in [0, 0.1) is 11.8 Å². The summed E-state index contributed by atoms with van der Waals surface area (Å²) in [7, 11) is -3.90. The first kappa shape index (κ1) is 35.0. The van der Waals surface area contributed by atoms with Crippen molar-refractivity contribution in [1.29, 1.82) is 0 Å². The predicted molar refractivity (Wildman–Crippen MR) is 184 cm³/mol. The number of sulfonamides is 1. The van der Waals surface area contributed by atoms with Gasteiger partial charge in [-0.15, -0.1) is 6.58 Å². The van der Waals surface area contributed by atoms with E-state index in [1.807, 2.05) is 30.4 Å². The van der Waals surface area contributed by atoms with E-state index in [1.165, 1.54) is 11.0 Å². The number of carbonyl (C=O) groups is 5. The second-order valence-electron chi connectivity index (χ2n) is 14.6. The van der Waals surface area contributed by atoms with Crippen LogP contribution in [-0.4, -0.2) is 90.3 Å². The Bertz CT molecular complexity index is 1750. The highest BCUT2D eigenvalue weighted by atomic mass is 32.2. The lowest BCUT2D eigenvalue weighted by molar-refractivity contribution is -0.142. The van der Waals surface area contributed by atoms with Crippen molar-refractivity contribution in [2.24, 2.45) is 11.8 Å². The van der Waals surface area contributed by atoms with Crippen LogP contribution < -0.4 is 15.4 Å². The number of hydrogen-bond donors (Lipinski definition) is 3. The molecular formula is C36H45N5O9S. The van der Waals surface area contributed by atoms with Crippen LogP contribution in [0.1, 0.15) is 80.9 Å². The normalized spacial score (nSPS) is 30.6. The summed E-state index contributed by atoms with van der Waals surface area (Å²) in [5.41, 5.74) is 1.42. The van der Waals surface area contributed by atoms with Gasteiger partial charge in [0, 0.05) is 18.9 Å². The summed E-state index contributed by atoms with van der Waals surface area (Å²) in [6.45, 7) is 4.48. The molecule has 0 spiro atoms. The zero-order valence-corrected chi connectivity index (χ0v) is 29.3. The van der Waals surface area contributed by atoms with Gasteiger partial charge in [0.2, 0.25) is 21.8 Å². The highest BCUT2D eigenvalue weighted by molar-refractivity contribution is 7.91. The number of hydrogen-bond acceptors (Lipinski definition) is 9. The largest absolute Gasteiger partial charge is 0.450 e. The number of amides is 5. The van der Waals surface area contributed by atoms with Crippen molar-refractivity contribution in [3.63, 3.8) is 0 Å². The van der Waals surface area contributed by atoms with Crippen molar-refractivity contribution >= 4 is 46.0 Å². The highest BCUT2D eigenvalue weighted by Crippen LogP contribution is 2.45. The van der Waals surface area contributed by atoms with Crippen LogP contribution in [0.25, 0.3) is 6.08 Å². The zero-order chi connectivity index (χ0) is 35.9. The van der Waals surface area contributed by atoms with Gasteiger partial charge in [0.25, 0.3) is 5.91 Å². The number of nitrogens with zero attached hydrogens (tertiary/aromatic N) is 2. The summed E-state index contributed by atoms with van der Waals surface area (Å²) in [5.74, 6) is -2.77. The van der Waals surface area contributed by atoms with Crippen LogP contribution >= 0.6 is 0 Å². The first-order valence-electron chi connectivity index (χ1n) is 18.0. The monoisotopic (exact) mass is 723 g/mol. The summed E-state index contributed by atoms with van der Waals surface area (Å²) in [5, 5.41) is 4.90. The van der Waals surface area contributed by atoms with Crippen molar-refractivity contribution in [3.8, 4) is 0 Å². The molecule has 5 atom stereocenters. The van der Waals surface area contributed by atoms with Gasteiger partial charge in [0.05, 0.1) is 24.9 Å². The predicted octanol–water partition coefficient (Wildman–Crippen LogP) is 2.87. The number of rotatable bonds is 7. The van der Waals surface area contributed by atoms with Gasteiger partial charge in [-0.2, -0.15) is 0 Å². The maximum absolute atomic E-state index is 14.4. The summed E-state index contributed by atoms with van der Waals surface area (Å²) < 4.78 is 38.9. The van der Waals surface area contributed by atoms with Gasteiger partial charge in [-0.25, -0.2) is 18.0 Å². The Labute approximate surface area is 297 Å². The molecule has 0 unspecified atom stereocenters. The maximum Gasteiger partial charge on any atom is 0.410 e. The third kappa shape index (κ3) is 7.22. The van der Waals surface area contributed by atoms with Gasteiger partial charge in [-0.3, -0.25) is 24.0 Å². The van der Waals surface area contributed by atoms with Gasteiger partial charge in [0.1, 0.15) is 23.7 Å². The number of carbonyl (C=O) groups excluding carboxylic acids is 5. The Morgan fingerprint density at radius 1 is 1.06 bits per heavy atom. The standard InChI is InChI=1S/C36H45N5O9S/c1-2-25-18-36(25,33(44)39-51(47,48)27-14-15-27)38-31(42)29-17-26-20-41(29)32(43)30(23-10-5-6-11-23)37-34(45)49-16-7-3-4-9-22-12-8-13-24-19-40(21-28(22)24)35(46)50-26/h2,4,8-9,12-13,23,25-27,29-30H,1,3,5-7,10-11,14-21H2,(H,37,45)(H,38,42)(H,39,44)/b9-4+/t25-,26+,29-,30-,36+/m0/s1. The van der Waals surface area contributed by atoms with Crippen LogP contribution in [0.15, 0.2) is 36.9 Å². The Balaban J connectivity index is 1.16. The van der Waals surface area contributed by atoms with Crippen molar-refractivity contribution in [2.75, 3.05) is 13.2 Å². The molecule has 0 radical (unpaired) electrons. The SMILES string of the molecule is C=C[C@H]1C[C@]1(NC(=O)[C@@H]1C[C@@H]2CN1C(=O)[C@H](C1CCCC1)NC(=O)OCCC/C=C/c1cccc3c1CN(C3)C(=O)O2)C(=O)NS(=O)(=O)C1CC1. The molecule has 4 bridgehead atoms. The van der Waals surface area contributed by atoms with E-state index in [1.54, 1.807) is 4.90 Å². The summed E-state index contributed by atoms with van der Waals surface area (Å²) in [6.07, 6.45) is 8.68. The fourth-order valence-corrected chi connectivity index (χ4v) is 9.30. The van der Waals surface area contributed by atoms with Crippen molar-refractivity contribution in [3.05, 3.63) is 53.6 Å².